The number of benzene rings is 1. The second-order valence-corrected chi connectivity index (χ2v) is 20.4. The maximum atomic E-state index is 13.0. The number of carbonyl (C=O) groups is 9. The third-order valence-electron chi connectivity index (χ3n) is 12.2. The molecule has 3 aliphatic heterocycles. The number of esters is 1. The maximum Gasteiger partial charge on any atom is 0.426 e. The van der Waals surface area contributed by atoms with E-state index in [1.165, 1.54) is 31.9 Å². The van der Waals surface area contributed by atoms with Crippen molar-refractivity contribution in [2.75, 3.05) is 69.9 Å². The average molecular weight is 1220 g/mol. The molecule has 8 atom stereocenters. The third-order valence-corrected chi connectivity index (χ3v) is 12.7. The molecule has 82 heavy (non-hydrogen) atoms. The molecule has 3 fully saturated rings. The fraction of sp³-hybridized carbons (Fsp3) is 0.625. The highest BCUT2D eigenvalue weighted by molar-refractivity contribution is 9.09. The topological polar surface area (TPSA) is 344 Å². The minimum Gasteiger partial charge on any atom is -0.459 e. The number of hydrazine groups is 1. The normalized spacial score (nSPS) is 20.7. The zero-order valence-electron chi connectivity index (χ0n) is 48.7. The lowest BCUT2D eigenvalue weighted by Gasteiger charge is -2.39. The molecule has 9 amide bonds. The smallest absolute Gasteiger partial charge is 0.426 e. The molecule has 3 aliphatic rings. The number of epoxide rings is 1. The largest absolute Gasteiger partial charge is 0.459 e. The molecule has 0 radical (unpaired) electrons. The monoisotopic (exact) mass is 1220 g/mol. The van der Waals surface area contributed by atoms with E-state index in [1.54, 1.807) is 37.3 Å². The van der Waals surface area contributed by atoms with Gasteiger partial charge >= 0.3 is 18.1 Å². The number of carbonyl (C=O) groups excluding carboxylic acids is 9. The van der Waals surface area contributed by atoms with Crippen molar-refractivity contribution < 1.29 is 76.3 Å². The van der Waals surface area contributed by atoms with Crippen LogP contribution in [0.1, 0.15) is 112 Å². The van der Waals surface area contributed by atoms with Crippen molar-refractivity contribution in [1.82, 2.24) is 37.4 Å². The first-order valence-electron chi connectivity index (χ1n) is 27.7. The van der Waals surface area contributed by atoms with Crippen molar-refractivity contribution in [2.45, 2.75) is 155 Å². The summed E-state index contributed by atoms with van der Waals surface area (Å²) in [6.07, 6.45) is 13.7. The van der Waals surface area contributed by atoms with Gasteiger partial charge in [-0.2, -0.15) is 0 Å². The number of hydrogen-bond acceptors (Lipinski definition) is 16. The Balaban J connectivity index is 0.000000558. The van der Waals surface area contributed by atoms with Crippen LogP contribution in [0.15, 0.2) is 60.2 Å². The van der Waals surface area contributed by atoms with Crippen molar-refractivity contribution >= 4 is 75.2 Å². The predicted molar refractivity (Wildman–Crippen MR) is 309 cm³/mol. The van der Waals surface area contributed by atoms with Crippen molar-refractivity contribution in [3.8, 4) is 0 Å². The summed E-state index contributed by atoms with van der Waals surface area (Å²) in [5.74, 6) is -2.45. The zero-order chi connectivity index (χ0) is 60.9. The molecule has 4 rings (SSSR count). The number of hydrogen-bond donors (Lipinski definition) is 9. The van der Waals surface area contributed by atoms with E-state index < -0.39 is 47.9 Å². The summed E-state index contributed by atoms with van der Waals surface area (Å²) >= 11 is 3.04. The van der Waals surface area contributed by atoms with Gasteiger partial charge in [-0.25, -0.2) is 15.0 Å². The number of rotatable bonds is 29. The lowest BCUT2D eigenvalue weighted by molar-refractivity contribution is -0.143. The fourth-order valence-electron chi connectivity index (χ4n) is 7.84. The maximum absolute atomic E-state index is 13.0. The van der Waals surface area contributed by atoms with Gasteiger partial charge in [-0.3, -0.25) is 39.0 Å². The number of halogens is 1. The van der Waals surface area contributed by atoms with Crippen LogP contribution >= 0.6 is 15.9 Å². The fourth-order valence-corrected chi connectivity index (χ4v) is 8.04. The molecule has 460 valence electrons. The molecule has 0 aromatic heterocycles. The number of alkyl halides is 1. The molecule has 10 N–H and O–H groups in total. The zero-order valence-corrected chi connectivity index (χ0v) is 50.2. The molecule has 1 spiro atoms. The van der Waals surface area contributed by atoms with E-state index in [0.29, 0.717) is 36.7 Å². The minimum absolute atomic E-state index is 0.00169. The van der Waals surface area contributed by atoms with Gasteiger partial charge in [-0.1, -0.05) is 79.1 Å². The Morgan fingerprint density at radius 3 is 2.22 bits per heavy atom. The summed E-state index contributed by atoms with van der Waals surface area (Å²) in [7, 11) is 0. The van der Waals surface area contributed by atoms with E-state index >= 15 is 0 Å². The molecule has 0 bridgehead atoms. The number of primary amides is 1. The summed E-state index contributed by atoms with van der Waals surface area (Å²) in [5.41, 5.74) is 11.5. The highest BCUT2D eigenvalue weighted by Crippen LogP contribution is 2.39. The van der Waals surface area contributed by atoms with Gasteiger partial charge in [0.2, 0.25) is 35.4 Å². The SMILES string of the molecule is CC(=O)NNC(=O)OCc1ccc(NC(=O)C(CCCNC(N)=O)NC(=O)CNC(=O)CCOCCOCCNC(=O)CBr)cc1.CC(=O)OC(C)/C=C\C(=O)NC1CC(C)[C@H](C/C=C(C)/C=C/C2CC3(CCO2)CO3)OC1C.CCC. The predicted octanol–water partition coefficient (Wildman–Crippen LogP) is 3.94. The van der Waals surface area contributed by atoms with E-state index in [9.17, 15) is 43.2 Å². The van der Waals surface area contributed by atoms with Gasteiger partial charge in [0.05, 0.1) is 81.5 Å². The second kappa shape index (κ2) is 40.7. The summed E-state index contributed by atoms with van der Waals surface area (Å²) in [5, 5.41) is 16.0. The Kier molecular flexibility index (Phi) is 35.6. The van der Waals surface area contributed by atoms with Crippen LogP contribution < -0.4 is 48.5 Å². The molecule has 26 heteroatoms. The van der Waals surface area contributed by atoms with Crippen molar-refractivity contribution in [2.24, 2.45) is 11.7 Å². The van der Waals surface area contributed by atoms with Crippen LogP contribution in [0.3, 0.4) is 0 Å². The number of nitrogens with two attached hydrogens (primary N) is 1. The number of urea groups is 1. The van der Waals surface area contributed by atoms with Crippen LogP contribution in [0.4, 0.5) is 15.3 Å². The Morgan fingerprint density at radius 1 is 0.878 bits per heavy atom. The van der Waals surface area contributed by atoms with Gasteiger partial charge in [0.15, 0.2) is 0 Å². The molecule has 1 aromatic rings. The quantitative estimate of drug-likeness (QED) is 0.0104. The standard InChI is InChI=1S/C27H41BrN8O10.C26H39NO6.C3H8/c1-18(37)35-36-27(43)46-17-19-4-6-20(7-5-19)33-25(41)21(3-2-9-31-26(29)42)34-24(40)16-32-22(38)8-11-44-13-14-45-12-10-30-23(39)15-28;1-17(6-9-22-15-26(16-31-26)12-13-30-22)7-10-24-18(2)14-23(20(4)33-24)27-25(29)11-8-19(3)32-21(5)28;1-3-2/h4-7,21H,2-3,8-17H2,1H3,(H,30,39)(H,32,38)(H,33,41)(H,34,40)(H,35,37)(H,36,43)(H3,29,31,42);6-9,11,18-20,22-24H,10,12-16H2,1-5H3,(H,27,29);3H2,1-2H3/b;9-6+,11-8-,17-7+;/t;18?,19?,20?,22?,23?,24-,26?;/m.0./s1. The van der Waals surface area contributed by atoms with Crippen LogP contribution in [0.25, 0.3) is 0 Å². The van der Waals surface area contributed by atoms with E-state index in [2.05, 4.69) is 105 Å². The summed E-state index contributed by atoms with van der Waals surface area (Å²) in [6, 6.07) is 4.55. The van der Waals surface area contributed by atoms with Crippen LogP contribution in [0.2, 0.25) is 0 Å². The number of anilines is 1. The molecule has 3 heterocycles. The molecular weight excluding hydrogens is 1130 g/mol. The van der Waals surface area contributed by atoms with Gasteiger partial charge in [-0.15, -0.1) is 0 Å². The minimum atomic E-state index is -1.00. The molecule has 0 saturated carbocycles. The van der Waals surface area contributed by atoms with Crippen LogP contribution in [-0.4, -0.2) is 160 Å². The van der Waals surface area contributed by atoms with Gasteiger partial charge in [0, 0.05) is 58.0 Å². The van der Waals surface area contributed by atoms with Crippen molar-refractivity contribution in [3.05, 3.63) is 65.8 Å². The third kappa shape index (κ3) is 33.5. The highest BCUT2D eigenvalue weighted by atomic mass is 79.9. The molecule has 1 aromatic carbocycles. The van der Waals surface area contributed by atoms with Gasteiger partial charge in [-0.05, 0) is 76.1 Å². The summed E-state index contributed by atoms with van der Waals surface area (Å²) < 4.78 is 38.3. The second-order valence-electron chi connectivity index (χ2n) is 19.8. The van der Waals surface area contributed by atoms with E-state index in [-0.39, 0.29) is 105 Å². The van der Waals surface area contributed by atoms with E-state index in [4.69, 9.17) is 38.9 Å². The lowest BCUT2D eigenvalue weighted by atomic mass is 9.88. The number of allylic oxidation sites excluding steroid dienone is 2. The van der Waals surface area contributed by atoms with Gasteiger partial charge in [0.1, 0.15) is 18.8 Å². The van der Waals surface area contributed by atoms with E-state index in [1.807, 2.05) is 6.92 Å². The Morgan fingerprint density at radius 2 is 1.57 bits per heavy atom. The molecule has 25 nitrogen and oxygen atoms in total. The van der Waals surface area contributed by atoms with Crippen LogP contribution in [-0.2, 0) is 73.3 Å². The summed E-state index contributed by atoms with van der Waals surface area (Å²) in [6.45, 7) is 17.5. The Labute approximate surface area is 489 Å². The highest BCUT2D eigenvalue weighted by Gasteiger charge is 2.48. The number of nitrogens with one attached hydrogen (secondary N) is 8. The van der Waals surface area contributed by atoms with E-state index in [0.717, 1.165) is 38.9 Å². The Bertz CT molecular complexity index is 2270. The lowest BCUT2D eigenvalue weighted by Crippen LogP contribution is -2.50. The van der Waals surface area contributed by atoms with Crippen molar-refractivity contribution in [3.63, 3.8) is 0 Å². The molecule has 0 aliphatic carbocycles. The number of ether oxygens (including phenoxy) is 7. The van der Waals surface area contributed by atoms with Crippen LogP contribution in [0.5, 0.6) is 0 Å². The van der Waals surface area contributed by atoms with Crippen LogP contribution in [0, 0.1) is 5.92 Å². The molecule has 7 unspecified atom stereocenters. The molecular formula is C56H88BrN9O16. The first-order valence-corrected chi connectivity index (χ1v) is 28.8. The first-order chi connectivity index (χ1) is 39.1. The van der Waals surface area contributed by atoms with Gasteiger partial charge in [0.25, 0.3) is 0 Å². The summed E-state index contributed by atoms with van der Waals surface area (Å²) in [4.78, 5) is 105. The number of amides is 9. The van der Waals surface area contributed by atoms with Crippen molar-refractivity contribution in [1.29, 1.82) is 0 Å². The first kappa shape index (κ1) is 71.7. The van der Waals surface area contributed by atoms with Gasteiger partial charge < -0.3 is 70.8 Å². The Hall–Kier alpha value is -6.45. The molecule has 3 saturated heterocycles. The average Bonchev–Trinajstić information content (AvgIpc) is 4.25.